The van der Waals surface area contributed by atoms with Crippen LogP contribution in [0.2, 0.25) is 15.9 Å². The number of nitro benzene ring substituents is 2. The molecule has 0 saturated heterocycles. The predicted molar refractivity (Wildman–Crippen MR) is 549 cm³/mol. The van der Waals surface area contributed by atoms with Crippen LogP contribution >= 0.6 is 46.4 Å². The Bertz CT molecular complexity index is 7110. The largest absolute Gasteiger partial charge is 0.491 e. The van der Waals surface area contributed by atoms with Gasteiger partial charge in [-0.05, 0) is 207 Å². The number of aliphatic imine (C=N–C) groups is 1. The highest BCUT2D eigenvalue weighted by Crippen LogP contribution is 2.30. The van der Waals surface area contributed by atoms with Crippen LogP contribution in [0.1, 0.15) is 56.7 Å². The van der Waals surface area contributed by atoms with Gasteiger partial charge in [-0.15, -0.1) is 0 Å². The molecule has 18 rings (SSSR count). The number of non-ortho nitro benzene ring substituents is 2. The molecule has 0 aliphatic carbocycles. The van der Waals surface area contributed by atoms with Crippen molar-refractivity contribution >= 4 is 125 Å². The predicted octanol–water partition coefficient (Wildman–Crippen LogP) is 15.7. The third-order valence-corrected chi connectivity index (χ3v) is 20.6. The van der Waals surface area contributed by atoms with Gasteiger partial charge in [0.05, 0.1) is 81.7 Å². The molecule has 4 N–H and O–H groups in total. The lowest BCUT2D eigenvalue weighted by Gasteiger charge is -2.07. The first-order valence-electron chi connectivity index (χ1n) is 44.2. The molecular formula is C100H98Cl4N26O16. The number of nitro groups is 2. The van der Waals surface area contributed by atoms with Gasteiger partial charge in [-0.25, -0.2) is 69.8 Å². The highest BCUT2D eigenvalue weighted by atomic mass is 35.5. The Hall–Kier alpha value is -16.7. The number of imidazole rings is 3. The summed E-state index contributed by atoms with van der Waals surface area (Å²) in [5.41, 5.74) is 24.3. The molecule has 0 fully saturated rings. The molecule has 8 aromatic heterocycles. The Labute approximate surface area is 856 Å². The number of anilines is 2. The molecule has 1 aliphatic heterocycles. The number of benzene rings is 9. The van der Waals surface area contributed by atoms with Crippen molar-refractivity contribution in [3.05, 3.63) is 363 Å². The minimum atomic E-state index is -0.509. The lowest BCUT2D eigenvalue weighted by atomic mass is 10.1. The Morgan fingerprint density at radius 3 is 1.04 bits per heavy atom. The van der Waals surface area contributed by atoms with Crippen LogP contribution in [0.5, 0.6) is 28.7 Å². The van der Waals surface area contributed by atoms with Crippen molar-refractivity contribution < 1.29 is 66.8 Å². The minimum Gasteiger partial charge on any atom is -0.491 e. The van der Waals surface area contributed by atoms with E-state index in [0.29, 0.717) is 156 Å². The number of hydrogen-bond acceptors (Lipinski definition) is 37. The first-order valence-corrected chi connectivity index (χ1v) is 45.7. The van der Waals surface area contributed by atoms with Crippen LogP contribution < -0.4 is 35.2 Å². The topological polar surface area (TPSA) is 524 Å². The number of nitrogens with zero attached hydrogens (tertiary/aromatic N) is 24. The number of hydrogen-bond donors (Lipinski definition) is 2. The van der Waals surface area contributed by atoms with E-state index in [1.807, 2.05) is 162 Å². The molecule has 9 heterocycles. The molecule has 0 spiro atoms. The number of methoxy groups -OCH3 is 5. The van der Waals surface area contributed by atoms with E-state index in [9.17, 15) is 29.8 Å². The normalized spacial score (nSPS) is 10.7. The monoisotopic (exact) mass is 2060 g/mol. The summed E-state index contributed by atoms with van der Waals surface area (Å²) in [6.45, 7) is 12.1. The molecule has 146 heavy (non-hydrogen) atoms. The molecule has 46 heteroatoms. The lowest BCUT2D eigenvalue weighted by molar-refractivity contribution is -0.385. The minimum absolute atomic E-state index is 0.0219. The van der Waals surface area contributed by atoms with Crippen molar-refractivity contribution in [1.29, 1.82) is 0 Å². The molecule has 1 aliphatic rings. The maximum Gasteiger partial charge on any atom is 0.271 e. The number of halogens is 4. The van der Waals surface area contributed by atoms with Crippen LogP contribution in [0, 0.1) is 20.2 Å². The summed E-state index contributed by atoms with van der Waals surface area (Å²) in [5, 5.41) is 21.4. The SMILES string of the molecule is C=CC(=O)Cc1ccc2ncn(-c3ncnc(Cc4ccc(OCCOC)cc4)n3)c2c1.C=CC(=O)Cl.COCCOc1ccc(Cc2ncnc(-n3cnc4ccc(N)cc43)n2)cc1.COCCOc1ccc(Cc2ncnc(-n3cnc4ccc([N+](=O)[O-])cc43)n2)cc1.COCCOc1ccc(Cc2ncnc(Cl)n2)cc1.COCCOc1ccc(N)cc1.Clc1ncnc(Cl)n1.O=[N+]([O-])c1ccc2c(c1)CC=N2. The van der Waals surface area contributed by atoms with Crippen molar-refractivity contribution in [2.45, 2.75) is 38.5 Å². The first-order chi connectivity index (χ1) is 70.9. The molecule has 0 amide bonds. The van der Waals surface area contributed by atoms with Gasteiger partial charge in [-0.3, -0.25) is 48.5 Å². The molecule has 752 valence electrons. The van der Waals surface area contributed by atoms with Crippen LogP contribution in [0.4, 0.5) is 28.4 Å². The number of nitrogen functional groups attached to an aromatic ring is 2. The Kier molecular flexibility index (Phi) is 44.0. The van der Waals surface area contributed by atoms with Crippen molar-refractivity contribution in [3.63, 3.8) is 0 Å². The zero-order chi connectivity index (χ0) is 104. The number of allylic oxidation sites excluding steroid dienone is 2. The molecule has 42 nitrogen and oxygen atoms in total. The Morgan fingerprint density at radius 1 is 0.370 bits per heavy atom. The third kappa shape index (κ3) is 36.1. The zero-order valence-corrected chi connectivity index (χ0v) is 82.5. The second-order valence-corrected chi connectivity index (χ2v) is 31.5. The number of fused-ring (bicyclic) bond motifs is 4. The summed E-state index contributed by atoms with van der Waals surface area (Å²) in [7, 11) is 8.21. The number of ether oxygens (including phenoxy) is 10. The fraction of sp³-hybridized carbons (Fsp3) is 0.210. The molecule has 0 atom stereocenters. The fourth-order valence-electron chi connectivity index (χ4n) is 12.8. The summed E-state index contributed by atoms with van der Waals surface area (Å²) in [5.74, 6) is 7.82. The lowest BCUT2D eigenvalue weighted by Crippen LogP contribution is -2.06. The highest BCUT2D eigenvalue weighted by molar-refractivity contribution is 6.66. The van der Waals surface area contributed by atoms with E-state index in [1.54, 1.807) is 88.1 Å². The van der Waals surface area contributed by atoms with Gasteiger partial charge in [-0.1, -0.05) is 67.8 Å². The second-order valence-electron chi connectivity index (χ2n) is 30.1. The summed E-state index contributed by atoms with van der Waals surface area (Å²) in [6.07, 6.45) is 19.4. The van der Waals surface area contributed by atoms with E-state index in [4.69, 9.17) is 105 Å². The van der Waals surface area contributed by atoms with Gasteiger partial charge >= 0.3 is 0 Å². The molecule has 0 saturated carbocycles. The maximum absolute atomic E-state index is 11.7. The number of nitrogens with two attached hydrogens (primary N) is 2. The smallest absolute Gasteiger partial charge is 0.271 e. The van der Waals surface area contributed by atoms with Crippen molar-refractivity contribution in [2.75, 3.05) is 113 Å². The molecule has 0 radical (unpaired) electrons. The van der Waals surface area contributed by atoms with Crippen LogP contribution in [0.25, 0.3) is 50.9 Å². The number of carbonyl (C=O) groups excluding carboxylic acids is 2. The van der Waals surface area contributed by atoms with E-state index in [-0.39, 0.29) is 39.4 Å². The second kappa shape index (κ2) is 58.6. The quantitative estimate of drug-likeness (QED) is 0.00912. The number of aromatic nitrogens is 21. The third-order valence-electron chi connectivity index (χ3n) is 19.9. The van der Waals surface area contributed by atoms with Gasteiger partial charge in [0.15, 0.2) is 5.78 Å². The van der Waals surface area contributed by atoms with Crippen LogP contribution in [0.15, 0.2) is 275 Å². The maximum atomic E-state index is 11.7. The van der Waals surface area contributed by atoms with Gasteiger partial charge in [0.2, 0.25) is 38.9 Å². The molecule has 9 aromatic carbocycles. The molecule has 17 aromatic rings. The van der Waals surface area contributed by atoms with E-state index in [2.05, 4.69) is 108 Å². The number of carbonyl (C=O) groups is 2. The molecule has 0 bridgehead atoms. The molecular weight excluding hydrogens is 1960 g/mol. The van der Waals surface area contributed by atoms with Crippen molar-refractivity contribution in [3.8, 4) is 46.6 Å². The summed E-state index contributed by atoms with van der Waals surface area (Å²) in [4.78, 5) is 121. The van der Waals surface area contributed by atoms with Gasteiger partial charge in [-0.2, -0.15) is 19.9 Å². The number of ketones is 1. The van der Waals surface area contributed by atoms with E-state index < -0.39 is 15.1 Å². The standard InChI is InChI=1S/C24H23N5O3.C20H18N6O4.C20H20N6O2.C13H14ClN3O2.C9H13NO2.C8H6N2O2.C3HCl2N3.C3H3ClO/c1-3-19(30)12-18-6-9-21-22(13-18)29(16-27-21)24-26-15-25-23(28-24)14-17-4-7-20(8-5-17)32-11-10-31-2;1-29-8-9-30-16-5-2-14(3-6-16)10-19-21-12-22-20(24-19)25-13-23-17-7-4-15(26(27)28)11-18(17)25;1-27-8-9-28-16-5-2-14(3-6-16)10-19-22-12-23-20(25-19)26-13-24-17-7-4-15(21)11-18(17)26;1-18-6-7-19-11-4-2-10(3-5-11)8-12-15-9-16-13(14)17-12;1-11-6-7-12-9-4-2-8(10)3-5-9;11-10(12)7-1-2-8-6(5-7)3-4-9-8;4-2-6-1-7-3(5)8-2;1-2-3(4)5/h3-9,13,15-16H,1,10-12,14H2,2H3;2-7,11-13H,8-10H2,1H3;2-7,11-13H,8-10,21H2,1H3;2-5,9H,6-8H2,1H3;2-5H,6-7,10H2,1H3;1-2,4-5H,3H2;1H;2H,1H2. The van der Waals surface area contributed by atoms with E-state index in [1.165, 1.54) is 55.9 Å². The van der Waals surface area contributed by atoms with Crippen LogP contribution in [-0.2, 0) is 71.8 Å². The average Bonchev–Trinajstić information content (AvgIpc) is 1.65. The van der Waals surface area contributed by atoms with Crippen molar-refractivity contribution in [2.24, 2.45) is 4.99 Å². The fourth-order valence-corrected chi connectivity index (χ4v) is 13.2. The number of rotatable bonds is 37. The van der Waals surface area contributed by atoms with Gasteiger partial charge < -0.3 is 58.8 Å². The van der Waals surface area contributed by atoms with Crippen molar-refractivity contribution in [1.82, 2.24) is 103 Å². The average molecular weight is 2060 g/mol. The van der Waals surface area contributed by atoms with Crippen LogP contribution in [0.3, 0.4) is 0 Å². The van der Waals surface area contributed by atoms with Gasteiger partial charge in [0, 0.05) is 116 Å². The van der Waals surface area contributed by atoms with E-state index in [0.717, 1.165) is 102 Å². The van der Waals surface area contributed by atoms with Gasteiger partial charge in [0.1, 0.15) is 136 Å². The summed E-state index contributed by atoms with van der Waals surface area (Å²) >= 11 is 21.0. The first kappa shape index (κ1) is 110. The highest BCUT2D eigenvalue weighted by Gasteiger charge is 2.19. The summed E-state index contributed by atoms with van der Waals surface area (Å²) < 4.78 is 57.5. The summed E-state index contributed by atoms with van der Waals surface area (Å²) in [6, 6.07) is 58.8. The van der Waals surface area contributed by atoms with Gasteiger partial charge in [0.25, 0.3) is 11.4 Å². The Morgan fingerprint density at radius 2 is 0.685 bits per heavy atom. The zero-order valence-electron chi connectivity index (χ0n) is 79.5. The van der Waals surface area contributed by atoms with Crippen LogP contribution in [-0.4, -0.2) is 232 Å². The van der Waals surface area contributed by atoms with E-state index >= 15 is 0 Å². The molecule has 0 unspecified atom stereocenters. The Balaban J connectivity index is 0.000000167.